The standard InChI is InChI=1S/C20H24N3Si.C20H26N2Si/c1-22-7-5-13-9-15-19(11-17(13)22)24(3,4)20-12-18-14(6-8-23(18)2)10-16(20)21-15;1-21-11-9-15-5-7-17(13-19(15)21)23(3,4)18-8-6-16-10-12-22(2)20(16)14-18/h9-12H,5-8H2,1-4H3;5-8,13-14H,9-12H2,1-4H3/q+1;. The van der Waals surface area contributed by atoms with Crippen molar-refractivity contribution in [2.75, 3.05) is 69.1 Å². The van der Waals surface area contributed by atoms with Crippen molar-refractivity contribution in [2.24, 2.45) is 4.99 Å². The molecule has 0 aromatic heterocycles. The predicted molar refractivity (Wildman–Crippen MR) is 206 cm³/mol. The Labute approximate surface area is 282 Å². The Hall–Kier alpha value is -3.69. The van der Waals surface area contributed by atoms with Gasteiger partial charge in [-0.25, -0.2) is 9.57 Å². The van der Waals surface area contributed by atoms with Gasteiger partial charge in [-0.15, -0.1) is 0 Å². The average molecular weight is 657 g/mol. The van der Waals surface area contributed by atoms with E-state index in [1.165, 1.54) is 78.9 Å². The molecule has 0 atom stereocenters. The molecule has 0 saturated carbocycles. The lowest BCUT2D eigenvalue weighted by molar-refractivity contribution is 0.720. The molecule has 0 bridgehead atoms. The van der Waals surface area contributed by atoms with Gasteiger partial charge in [-0.05, 0) is 76.7 Å². The highest BCUT2D eigenvalue weighted by Gasteiger charge is 2.36. The highest BCUT2D eigenvalue weighted by Crippen LogP contribution is 2.32. The van der Waals surface area contributed by atoms with Crippen molar-refractivity contribution in [1.82, 2.24) is 4.58 Å². The van der Waals surface area contributed by atoms with E-state index in [1.807, 2.05) is 0 Å². The third-order valence-electron chi connectivity index (χ3n) is 12.1. The minimum atomic E-state index is -1.72. The molecule has 7 heteroatoms. The summed E-state index contributed by atoms with van der Waals surface area (Å²) in [5.74, 6) is 0. The average Bonchev–Trinajstić information content (AvgIpc) is 3.82. The fourth-order valence-electron chi connectivity index (χ4n) is 8.65. The molecule has 4 aromatic rings. The molecule has 5 nitrogen and oxygen atoms in total. The van der Waals surface area contributed by atoms with Crippen LogP contribution in [-0.2, 0) is 25.7 Å². The first kappa shape index (κ1) is 30.6. The van der Waals surface area contributed by atoms with Gasteiger partial charge >= 0.3 is 0 Å². The van der Waals surface area contributed by atoms with Crippen molar-refractivity contribution >= 4 is 59.6 Å². The first-order valence-electron chi connectivity index (χ1n) is 17.6. The lowest BCUT2D eigenvalue weighted by atomic mass is 10.1. The first-order valence-corrected chi connectivity index (χ1v) is 23.6. The van der Waals surface area contributed by atoms with E-state index in [1.54, 1.807) is 10.4 Å². The summed E-state index contributed by atoms with van der Waals surface area (Å²) in [6.07, 6.45) is 4.69. The van der Waals surface area contributed by atoms with Crippen LogP contribution in [0.5, 0.6) is 0 Å². The smallest absolute Gasteiger partial charge is 0.203 e. The van der Waals surface area contributed by atoms with E-state index in [4.69, 9.17) is 4.99 Å². The van der Waals surface area contributed by atoms with Crippen LogP contribution in [0.4, 0.5) is 22.7 Å². The summed E-state index contributed by atoms with van der Waals surface area (Å²) in [5.41, 5.74) is 11.5. The second kappa shape index (κ2) is 10.9. The molecule has 5 aliphatic rings. The van der Waals surface area contributed by atoms with Crippen LogP contribution in [0.2, 0.25) is 26.2 Å². The first-order chi connectivity index (χ1) is 22.4. The Balaban J connectivity index is 0.000000138. The van der Waals surface area contributed by atoms with Gasteiger partial charge in [0.2, 0.25) is 5.36 Å². The van der Waals surface area contributed by atoms with Gasteiger partial charge in [0.1, 0.15) is 29.7 Å². The Morgan fingerprint density at radius 1 is 0.638 bits per heavy atom. The van der Waals surface area contributed by atoms with Gasteiger partial charge in [-0.2, -0.15) is 0 Å². The molecular weight excluding hydrogens is 607 g/mol. The van der Waals surface area contributed by atoms with Gasteiger partial charge in [0.25, 0.3) is 0 Å². The summed E-state index contributed by atoms with van der Waals surface area (Å²) < 4.78 is 2.39. The van der Waals surface area contributed by atoms with Gasteiger partial charge in [0, 0.05) is 75.9 Å². The maximum atomic E-state index is 5.11. The highest BCUT2D eigenvalue weighted by molar-refractivity contribution is 7.01. The monoisotopic (exact) mass is 656 g/mol. The number of fused-ring (bicyclic) bond motifs is 6. The van der Waals surface area contributed by atoms with Crippen LogP contribution in [0.1, 0.15) is 22.3 Å². The van der Waals surface area contributed by atoms with Crippen LogP contribution >= 0.6 is 0 Å². The molecule has 0 saturated heterocycles. The molecule has 9 rings (SSSR count). The number of benzene rings is 4. The van der Waals surface area contributed by atoms with Gasteiger partial charge in [-0.3, -0.25) is 0 Å². The summed E-state index contributed by atoms with van der Waals surface area (Å²) in [4.78, 5) is 12.3. The molecule has 0 amide bonds. The SMILES string of the molecule is CN1CCc2cc3c(cc21)[Si](C)(C)c1cc2c(cc1=N3)CC[N+]=2C.CN1CCc2ccc([Si](C)(C)c3ccc4c(c3)N(C)CC4)cc21. The van der Waals surface area contributed by atoms with Crippen LogP contribution < -0.4 is 50.7 Å². The van der Waals surface area contributed by atoms with Gasteiger partial charge < -0.3 is 14.7 Å². The number of anilines is 3. The Kier molecular flexibility index (Phi) is 7.12. The molecule has 0 aliphatic carbocycles. The zero-order valence-corrected chi connectivity index (χ0v) is 31.7. The predicted octanol–water partition coefficient (Wildman–Crippen LogP) is 2.94. The van der Waals surface area contributed by atoms with Crippen molar-refractivity contribution in [3.63, 3.8) is 0 Å². The summed E-state index contributed by atoms with van der Waals surface area (Å²) >= 11 is 0. The molecule has 5 heterocycles. The number of nitrogens with zero attached hydrogens (tertiary/aromatic N) is 5. The van der Waals surface area contributed by atoms with Crippen LogP contribution in [-0.4, -0.2) is 70.5 Å². The molecule has 0 fully saturated rings. The molecule has 0 spiro atoms. The van der Waals surface area contributed by atoms with Crippen LogP contribution in [0, 0.1) is 0 Å². The molecule has 5 aliphatic heterocycles. The fourth-order valence-corrected chi connectivity index (χ4v) is 13.8. The molecule has 0 unspecified atom stereocenters. The Morgan fingerprint density at radius 2 is 1.19 bits per heavy atom. The summed E-state index contributed by atoms with van der Waals surface area (Å²) in [6.45, 7) is 14.5. The van der Waals surface area contributed by atoms with Crippen molar-refractivity contribution in [3.8, 4) is 0 Å². The normalized spacial score (nSPS) is 18.1. The van der Waals surface area contributed by atoms with E-state index in [-0.39, 0.29) is 0 Å². The molecule has 242 valence electrons. The minimum Gasteiger partial charge on any atom is -0.374 e. The van der Waals surface area contributed by atoms with E-state index in [2.05, 4.69) is 134 Å². The van der Waals surface area contributed by atoms with E-state index in [0.717, 1.165) is 39.0 Å². The molecule has 0 radical (unpaired) electrons. The van der Waals surface area contributed by atoms with Crippen molar-refractivity contribution in [3.05, 3.63) is 93.6 Å². The molecule has 4 aromatic carbocycles. The number of rotatable bonds is 2. The van der Waals surface area contributed by atoms with Gasteiger partial charge in [0.15, 0.2) is 0 Å². The fraction of sp³-hybridized carbons (Fsp3) is 0.400. The molecular formula is C40H50N5Si2+. The van der Waals surface area contributed by atoms with Crippen LogP contribution in [0.3, 0.4) is 0 Å². The second-order valence-corrected chi connectivity index (χ2v) is 24.5. The van der Waals surface area contributed by atoms with Crippen molar-refractivity contribution in [1.29, 1.82) is 0 Å². The largest absolute Gasteiger partial charge is 0.374 e. The van der Waals surface area contributed by atoms with Gasteiger partial charge in [0.05, 0.1) is 11.0 Å². The third kappa shape index (κ3) is 4.91. The highest BCUT2D eigenvalue weighted by atomic mass is 28.3. The van der Waals surface area contributed by atoms with Crippen LogP contribution in [0.25, 0.3) is 0 Å². The summed E-state index contributed by atoms with van der Waals surface area (Å²) in [6, 6.07) is 24.1. The van der Waals surface area contributed by atoms with Crippen molar-refractivity contribution in [2.45, 2.75) is 51.9 Å². The summed E-state index contributed by atoms with van der Waals surface area (Å²) in [7, 11) is 5.48. The Morgan fingerprint density at radius 3 is 1.79 bits per heavy atom. The zero-order valence-electron chi connectivity index (χ0n) is 29.7. The summed E-state index contributed by atoms with van der Waals surface area (Å²) in [5, 5.41) is 8.76. The topological polar surface area (TPSA) is 25.1 Å². The number of hydrogen-bond donors (Lipinski definition) is 0. The zero-order chi connectivity index (χ0) is 32.8. The number of hydrogen-bond acceptors (Lipinski definition) is 4. The maximum Gasteiger partial charge on any atom is 0.203 e. The van der Waals surface area contributed by atoms with E-state index >= 15 is 0 Å². The van der Waals surface area contributed by atoms with Gasteiger partial charge in [-0.1, -0.05) is 60.8 Å². The maximum absolute atomic E-state index is 5.11. The second-order valence-electron chi connectivity index (χ2n) is 15.7. The lowest BCUT2D eigenvalue weighted by Gasteiger charge is -2.30. The molecule has 47 heavy (non-hydrogen) atoms. The quantitative estimate of drug-likeness (QED) is 0.245. The molecule has 0 N–H and O–H groups in total. The van der Waals surface area contributed by atoms with Crippen molar-refractivity contribution < 1.29 is 0 Å². The lowest BCUT2D eigenvalue weighted by Crippen LogP contribution is -2.62. The van der Waals surface area contributed by atoms with E-state index in [0.29, 0.717) is 0 Å². The van der Waals surface area contributed by atoms with E-state index in [9.17, 15) is 0 Å². The number of likely N-dealkylation sites (N-methyl/N-ethyl adjacent to an activating group) is 4. The Bertz CT molecular complexity index is 2020. The van der Waals surface area contributed by atoms with E-state index < -0.39 is 16.1 Å². The van der Waals surface area contributed by atoms with Crippen LogP contribution in [0.15, 0.2) is 65.7 Å². The third-order valence-corrected chi connectivity index (χ3v) is 19.1. The minimum absolute atomic E-state index is 1.13.